The molecule has 20 rings (SSSR count). The van der Waals surface area contributed by atoms with Crippen LogP contribution in [-0.4, -0.2) is 158 Å². The largest absolute Gasteiger partial charge is 0.462 e. The molecule has 6 aromatic heterocycles. The van der Waals surface area contributed by atoms with E-state index < -0.39 is 214 Å². The fraction of sp³-hybridized carbons (Fsp3) is 0.447. The number of nitrogens with zero attached hydrogens (tertiary/aromatic N) is 11. The molecule has 6 aliphatic heterocycles. The van der Waals surface area contributed by atoms with Gasteiger partial charge in [-0.15, -0.1) is 0 Å². The van der Waals surface area contributed by atoms with E-state index in [4.69, 9.17) is 46.7 Å². The fourth-order valence-electron chi connectivity index (χ4n) is 15.7. The average Bonchev–Trinajstić information content (AvgIpc) is 1.57. The maximum atomic E-state index is 14.4. The van der Waals surface area contributed by atoms with Gasteiger partial charge in [-0.25, -0.2) is 138 Å². The third kappa shape index (κ3) is 18.6. The van der Waals surface area contributed by atoms with Gasteiger partial charge in [0.25, 0.3) is 75.0 Å². The Morgan fingerprint density at radius 1 is 0.433 bits per heavy atom. The minimum Gasteiger partial charge on any atom is -0.462 e. The van der Waals surface area contributed by atoms with Gasteiger partial charge in [0.2, 0.25) is 0 Å². The number of nitrogens with one attached hydrogen (secondary N) is 2. The topological polar surface area (TPSA) is 360 Å². The predicted octanol–water partition coefficient (Wildman–Crippen LogP) is 15.4. The van der Waals surface area contributed by atoms with Crippen molar-refractivity contribution in [1.29, 1.82) is 0 Å². The molecule has 1 saturated heterocycles. The number of fused-ring (bicyclic) bond motifs is 6. The van der Waals surface area contributed by atoms with E-state index >= 15 is 0 Å². The lowest BCUT2D eigenvalue weighted by molar-refractivity contribution is -0.0587. The van der Waals surface area contributed by atoms with Gasteiger partial charge in [-0.3, -0.25) is 14.9 Å². The van der Waals surface area contributed by atoms with E-state index in [0.29, 0.717) is 35.8 Å². The molecular weight excluding hydrogens is 2140 g/mol. The normalized spacial score (nSPS) is 31.2. The van der Waals surface area contributed by atoms with Gasteiger partial charge >= 0.3 is 0 Å². The molecule has 13 aliphatic rings. The molecule has 0 bridgehead atoms. The first-order valence-electron chi connectivity index (χ1n) is 37.7. The number of amides is 1. The van der Waals surface area contributed by atoms with Crippen LogP contribution in [0.5, 0.6) is 0 Å². The summed E-state index contributed by atoms with van der Waals surface area (Å²) in [6.45, 7) is 0. The number of aromatic nitrogens is 6. The molecule has 20 atom stereocenters. The van der Waals surface area contributed by atoms with E-state index in [1.807, 2.05) is 0 Å². The van der Waals surface area contributed by atoms with Crippen LogP contribution in [-0.2, 0) is 61.9 Å². The minimum atomic E-state index is -3.03. The Labute approximate surface area is 754 Å². The van der Waals surface area contributed by atoms with Crippen molar-refractivity contribution in [2.24, 2.45) is 89.5 Å². The van der Waals surface area contributed by atoms with Crippen molar-refractivity contribution in [2.75, 3.05) is 0 Å². The van der Waals surface area contributed by atoms with Gasteiger partial charge in [-0.05, 0) is 225 Å². The number of aliphatic imine (C=N–C) groups is 4. The minimum absolute atomic E-state index is 0.00556. The number of halogens is 26. The monoisotopic (exact) mass is 2190 g/mol. The van der Waals surface area contributed by atoms with Crippen LogP contribution in [0.15, 0.2) is 156 Å². The van der Waals surface area contributed by atoms with Crippen LogP contribution < -0.4 is 33.7 Å². The smallest absolute Gasteiger partial charge is 0.293 e. The molecule has 0 radical (unpaired) electrons. The number of oxime groups is 1. The van der Waals surface area contributed by atoms with Crippen molar-refractivity contribution in [3.05, 3.63) is 205 Å². The molecule has 7 aliphatic carbocycles. The second-order valence-electron chi connectivity index (χ2n) is 30.6. The molecule has 1 amide bonds. The molecule has 8 fully saturated rings. The quantitative estimate of drug-likeness (QED) is 0.0370. The Morgan fingerprint density at radius 3 is 1.09 bits per heavy atom. The number of rotatable bonds is 15. The second kappa shape index (κ2) is 36.8. The number of carbonyl (C=O) groups is 1. The van der Waals surface area contributed by atoms with Crippen molar-refractivity contribution in [3.8, 4) is 0 Å². The molecule has 682 valence electrons. The molecule has 7 saturated carbocycles. The lowest BCUT2D eigenvalue weighted by Gasteiger charge is -2.32. The first-order valence-corrected chi connectivity index (χ1v) is 42.5. The number of hydrogen-bond donors (Lipinski definition) is 7. The molecule has 25 nitrogen and oxygen atoms in total. The number of carbonyl (C=O) groups excluding carboxylic acids is 1. The summed E-state index contributed by atoms with van der Waals surface area (Å²) in [5.74, 6) is -9.42. The van der Waals surface area contributed by atoms with Crippen LogP contribution in [0.4, 0.5) is 87.8 Å². The van der Waals surface area contributed by atoms with E-state index in [1.165, 1.54) is 36.4 Å². The molecule has 127 heavy (non-hydrogen) atoms. The van der Waals surface area contributed by atoms with Gasteiger partial charge in [-0.1, -0.05) is 23.4 Å². The van der Waals surface area contributed by atoms with Crippen molar-refractivity contribution in [2.45, 2.75) is 166 Å². The average molecular weight is 2200 g/mol. The van der Waals surface area contributed by atoms with Crippen molar-refractivity contribution >= 4 is 131 Å². The highest BCUT2D eigenvalue weighted by atomic mass is 79.9. The third-order valence-electron chi connectivity index (χ3n) is 22.6. The Bertz CT molecular complexity index is 5260. The van der Waals surface area contributed by atoms with Crippen molar-refractivity contribution < 1.29 is 126 Å². The van der Waals surface area contributed by atoms with Crippen LogP contribution >= 0.6 is 95.6 Å². The van der Waals surface area contributed by atoms with E-state index in [9.17, 15) is 97.7 Å². The summed E-state index contributed by atoms with van der Waals surface area (Å²) < 4.78 is 292. The summed E-state index contributed by atoms with van der Waals surface area (Å²) in [7, 11) is 0. The maximum absolute atomic E-state index is 14.4. The Morgan fingerprint density at radius 2 is 0.780 bits per heavy atom. The standard InChI is InChI=1S/C18H13BrF3N3O2.3C11H9BrF3N3O.C10H8BrF3N2O.C10H10BrF3N2O.C5H5F2NO/c19-13-7-6-11(20)14(23-13)18(16(21)22)10-8-12(10)27-17(25-18)24-15(26)9-4-2-1-3-5-9;3*12-7-2-1-5(13)8(17-7)11(9(14)15)4-3-6(4)19-10(16)18-11;11-7-2-1-5(12)8(15-7)10(9(13)14)4-3-6(4)17-16-10;11-7-2-1-5(12)8(16-7)10(15,9(13)14)4-3-6(4)17;6-5(7)4-2-1-3(2)9-8-4/h1-7,10,12,16H,8H2,(H,24,25,26);3*1-2,4,6,9H,3H2,(H2,16,18);1-2,4,6,9,16H,3H2;1-2,4,6,9,17H,3,15H2;2-3,5H,1H2/t10-,12+,18-;3*4-,6+,11-;2*4-,6+,10-;/m010000./s1. The lowest BCUT2D eigenvalue weighted by Crippen LogP contribution is -2.48. The van der Waals surface area contributed by atoms with Gasteiger partial charge in [0.05, 0.1) is 12.2 Å². The number of pyridine rings is 6. The number of hydroxylamine groups is 1. The molecule has 2 unspecified atom stereocenters. The van der Waals surface area contributed by atoms with E-state index in [0.717, 1.165) is 42.8 Å². The highest BCUT2D eigenvalue weighted by molar-refractivity contribution is 9.11. The Balaban J connectivity index is 0.000000122. The van der Waals surface area contributed by atoms with Gasteiger partial charge in [-0.2, -0.15) is 5.48 Å². The summed E-state index contributed by atoms with van der Waals surface area (Å²) >= 11 is 18.3. The maximum Gasteiger partial charge on any atom is 0.293 e. The molecule has 12 heterocycles. The SMILES string of the molecule is FC(F)C1=NOC2CC12.Fc1ccc(Br)nc1[C@@]1(C(F)F)NO[C@@H]2C[C@@H]21.NC1=N[C@@](c2nc(Br)ccc2F)(C(F)F)[C@H]2C[C@H]2O1.NC1=N[C@@](c2nc(Br)ccc2F)(C(F)F)[C@H]2C[C@H]2O1.NC1=N[C@](c2nc(Br)ccc2F)(C(F)F)[C@@H]2C[C@@H]2O1.N[C@@](c1nc(Br)ccc1F)(C(F)F)[C@H]1C[C@H]1O.O=C(NC1=N[C@@](c2nc(Br)ccc2F)(C(F)F)[C@H]2C[C@H]2O1)c1ccccc1. The molecule has 51 heteroatoms. The molecule has 1 aromatic carbocycles. The number of alkyl halides is 14. The zero-order valence-corrected chi connectivity index (χ0v) is 73.3. The second-order valence-corrected chi connectivity index (χ2v) is 35.5. The predicted molar refractivity (Wildman–Crippen MR) is 426 cm³/mol. The van der Waals surface area contributed by atoms with E-state index in [2.05, 4.69) is 166 Å². The number of benzene rings is 1. The van der Waals surface area contributed by atoms with Crippen molar-refractivity contribution in [1.82, 2.24) is 40.7 Å². The van der Waals surface area contributed by atoms with Crippen LogP contribution in [0.1, 0.15) is 89.5 Å². The molecular formula is C76H63Br6F20N17O8. The number of hydrogen-bond acceptors (Lipinski definition) is 24. The van der Waals surface area contributed by atoms with E-state index in [-0.39, 0.29) is 89.5 Å². The third-order valence-corrected chi connectivity index (χ3v) is 25.3. The Kier molecular flexibility index (Phi) is 27.4. The summed E-state index contributed by atoms with van der Waals surface area (Å²) in [5.41, 5.74) is 9.53. The van der Waals surface area contributed by atoms with Gasteiger partial charge < -0.3 is 51.8 Å². The highest BCUT2D eigenvalue weighted by Gasteiger charge is 2.71. The van der Waals surface area contributed by atoms with Gasteiger partial charge in [0.15, 0.2) is 27.7 Å². The zero-order valence-electron chi connectivity index (χ0n) is 63.7. The van der Waals surface area contributed by atoms with Crippen LogP contribution in [0, 0.1) is 76.3 Å². The summed E-state index contributed by atoms with van der Waals surface area (Å²) in [6.07, 6.45) is -20.3. The number of nitrogens with two attached hydrogens (primary N) is 4. The van der Waals surface area contributed by atoms with Gasteiger partial charge in [0.1, 0.15) is 138 Å². The Hall–Kier alpha value is -8.34. The molecule has 7 aromatic rings. The first kappa shape index (κ1) is 94.8. The van der Waals surface area contributed by atoms with Crippen LogP contribution in [0.2, 0.25) is 0 Å². The highest BCUT2D eigenvalue weighted by Crippen LogP contribution is 2.61. The molecule has 11 N–H and O–H groups in total. The number of amidine groups is 4. The first-order chi connectivity index (χ1) is 60.0. The number of ether oxygens (including phenoxy) is 4. The molecule has 0 spiro atoms. The van der Waals surface area contributed by atoms with Crippen LogP contribution in [0.25, 0.3) is 0 Å². The zero-order chi connectivity index (χ0) is 92.0. The van der Waals surface area contributed by atoms with Crippen LogP contribution in [0.3, 0.4) is 0 Å². The number of aliphatic hydroxyl groups excluding tert-OH is 1. The summed E-state index contributed by atoms with van der Waals surface area (Å²) in [5, 5.41) is 14.9. The van der Waals surface area contributed by atoms with E-state index in [1.54, 1.807) is 30.3 Å². The fourth-order valence-corrected chi connectivity index (χ4v) is 17.6. The number of aliphatic hydroxyl groups is 1. The van der Waals surface area contributed by atoms with Crippen molar-refractivity contribution in [3.63, 3.8) is 0 Å². The van der Waals surface area contributed by atoms with Gasteiger partial charge in [0, 0.05) is 47.0 Å². The lowest BCUT2D eigenvalue weighted by atomic mass is 9.88. The summed E-state index contributed by atoms with van der Waals surface area (Å²) in [4.78, 5) is 60.0. The summed E-state index contributed by atoms with van der Waals surface area (Å²) in [6, 6.07) is 21.3.